The molecule has 0 spiro atoms. The first-order valence-corrected chi connectivity index (χ1v) is 6.90. The van der Waals surface area contributed by atoms with Gasteiger partial charge in [0, 0.05) is 22.8 Å². The zero-order valence-corrected chi connectivity index (χ0v) is 12.2. The Hall–Kier alpha value is -2.66. The summed E-state index contributed by atoms with van der Waals surface area (Å²) in [6, 6.07) is 13.9. The van der Waals surface area contributed by atoms with Gasteiger partial charge in [-0.25, -0.2) is 9.78 Å². The van der Waals surface area contributed by atoms with Gasteiger partial charge in [0.15, 0.2) is 5.76 Å². The summed E-state index contributed by atoms with van der Waals surface area (Å²) in [5, 5.41) is 4.52. The second-order valence-corrected chi connectivity index (χ2v) is 4.92. The summed E-state index contributed by atoms with van der Waals surface area (Å²) in [6.45, 7) is 0.0203. The Morgan fingerprint density at radius 3 is 2.73 bits per heavy atom. The van der Waals surface area contributed by atoms with Crippen LogP contribution in [0.15, 0.2) is 59.3 Å². The minimum absolute atomic E-state index is 0.0203. The Labute approximate surface area is 131 Å². The first-order valence-electron chi connectivity index (χ1n) is 6.52. The highest BCUT2D eigenvalue weighted by molar-refractivity contribution is 6.30. The van der Waals surface area contributed by atoms with Gasteiger partial charge in [-0.2, -0.15) is 0 Å². The van der Waals surface area contributed by atoms with Crippen molar-refractivity contribution in [2.45, 2.75) is 6.61 Å². The van der Waals surface area contributed by atoms with Gasteiger partial charge >= 0.3 is 5.97 Å². The maximum absolute atomic E-state index is 11.8. The van der Waals surface area contributed by atoms with E-state index in [1.165, 1.54) is 6.20 Å². The van der Waals surface area contributed by atoms with Crippen LogP contribution in [0.25, 0.3) is 11.3 Å². The summed E-state index contributed by atoms with van der Waals surface area (Å²) in [5.41, 5.74) is 1.62. The molecule has 1 aromatic carbocycles. The van der Waals surface area contributed by atoms with E-state index < -0.39 is 5.97 Å². The zero-order valence-electron chi connectivity index (χ0n) is 11.4. The van der Waals surface area contributed by atoms with Crippen molar-refractivity contribution in [1.29, 1.82) is 0 Å². The van der Waals surface area contributed by atoms with Gasteiger partial charge < -0.3 is 9.26 Å². The molecule has 22 heavy (non-hydrogen) atoms. The fraction of sp³-hybridized carbons (Fsp3) is 0.0625. The van der Waals surface area contributed by atoms with Crippen molar-refractivity contribution < 1.29 is 14.1 Å². The monoisotopic (exact) mass is 314 g/mol. The number of esters is 1. The standard InChI is InChI=1S/C16H11ClN2O3/c17-12-6-4-11(5-7-12)15-9-13(19-22-15)10-21-16(20)14-3-1-2-8-18-14/h1-9H,10H2. The molecule has 3 rings (SSSR count). The summed E-state index contributed by atoms with van der Waals surface area (Å²) in [5.74, 6) is 0.0807. The summed E-state index contributed by atoms with van der Waals surface area (Å²) < 4.78 is 10.4. The zero-order chi connectivity index (χ0) is 15.4. The molecule has 0 unspecified atom stereocenters. The highest BCUT2D eigenvalue weighted by atomic mass is 35.5. The van der Waals surface area contributed by atoms with Gasteiger partial charge in [0.05, 0.1) is 0 Å². The highest BCUT2D eigenvalue weighted by Crippen LogP contribution is 2.22. The van der Waals surface area contributed by atoms with E-state index in [9.17, 15) is 4.79 Å². The molecular weight excluding hydrogens is 304 g/mol. The number of carbonyl (C=O) groups is 1. The van der Waals surface area contributed by atoms with Crippen molar-refractivity contribution in [2.24, 2.45) is 0 Å². The van der Waals surface area contributed by atoms with E-state index in [0.29, 0.717) is 16.5 Å². The number of aromatic nitrogens is 2. The van der Waals surface area contributed by atoms with Gasteiger partial charge in [-0.05, 0) is 36.4 Å². The number of pyridine rings is 1. The number of halogens is 1. The average Bonchev–Trinajstić information content (AvgIpc) is 3.03. The molecule has 0 aliphatic rings. The third-order valence-electron chi connectivity index (χ3n) is 2.91. The number of hydrogen-bond donors (Lipinski definition) is 0. The fourth-order valence-electron chi connectivity index (χ4n) is 1.83. The molecule has 2 aromatic heterocycles. The lowest BCUT2D eigenvalue weighted by Gasteiger charge is -2.00. The smallest absolute Gasteiger partial charge is 0.357 e. The highest BCUT2D eigenvalue weighted by Gasteiger charge is 2.11. The number of nitrogens with zero attached hydrogens (tertiary/aromatic N) is 2. The number of benzene rings is 1. The Morgan fingerprint density at radius 2 is 2.00 bits per heavy atom. The van der Waals surface area contributed by atoms with Crippen LogP contribution in [0.4, 0.5) is 0 Å². The largest absolute Gasteiger partial charge is 0.454 e. The Morgan fingerprint density at radius 1 is 1.18 bits per heavy atom. The SMILES string of the molecule is O=C(OCc1cc(-c2ccc(Cl)cc2)on1)c1ccccn1. The number of ether oxygens (including phenoxy) is 1. The third kappa shape index (κ3) is 3.32. The van der Waals surface area contributed by atoms with Crippen LogP contribution in [-0.4, -0.2) is 16.1 Å². The predicted molar refractivity (Wildman–Crippen MR) is 80.3 cm³/mol. The number of rotatable bonds is 4. The van der Waals surface area contributed by atoms with Gasteiger partial charge in [-0.1, -0.05) is 22.8 Å². The quantitative estimate of drug-likeness (QED) is 0.686. The molecule has 0 amide bonds. The van der Waals surface area contributed by atoms with Crippen molar-refractivity contribution in [3.63, 3.8) is 0 Å². The summed E-state index contributed by atoms with van der Waals surface area (Å²) >= 11 is 5.84. The number of hydrogen-bond acceptors (Lipinski definition) is 5. The van der Waals surface area contributed by atoms with Gasteiger partial charge in [0.25, 0.3) is 0 Å². The first-order chi connectivity index (χ1) is 10.7. The van der Waals surface area contributed by atoms with Gasteiger partial charge in [-0.15, -0.1) is 0 Å². The minimum atomic E-state index is -0.503. The van der Waals surface area contributed by atoms with E-state index in [1.807, 2.05) is 12.1 Å². The van der Waals surface area contributed by atoms with E-state index in [1.54, 1.807) is 36.4 Å². The molecule has 0 saturated carbocycles. The molecule has 0 N–H and O–H groups in total. The maximum Gasteiger partial charge on any atom is 0.357 e. The van der Waals surface area contributed by atoms with Crippen LogP contribution in [0.2, 0.25) is 5.02 Å². The Bertz CT molecular complexity index is 770. The predicted octanol–water partition coefficient (Wildman–Crippen LogP) is 3.75. The Balaban J connectivity index is 1.65. The van der Waals surface area contributed by atoms with Crippen LogP contribution in [-0.2, 0) is 11.3 Å². The van der Waals surface area contributed by atoms with Gasteiger partial charge in [-0.3, -0.25) is 0 Å². The van der Waals surface area contributed by atoms with Crippen molar-refractivity contribution in [1.82, 2.24) is 10.1 Å². The molecule has 0 bridgehead atoms. The van der Waals surface area contributed by atoms with E-state index in [0.717, 1.165) is 5.56 Å². The molecule has 6 heteroatoms. The number of carbonyl (C=O) groups excluding carboxylic acids is 1. The van der Waals surface area contributed by atoms with E-state index in [4.69, 9.17) is 20.9 Å². The van der Waals surface area contributed by atoms with Crippen LogP contribution in [0.1, 0.15) is 16.2 Å². The van der Waals surface area contributed by atoms with Crippen LogP contribution in [0, 0.1) is 0 Å². The normalized spacial score (nSPS) is 10.4. The van der Waals surface area contributed by atoms with Crippen molar-refractivity contribution >= 4 is 17.6 Å². The van der Waals surface area contributed by atoms with Crippen LogP contribution >= 0.6 is 11.6 Å². The van der Waals surface area contributed by atoms with E-state index in [-0.39, 0.29) is 12.3 Å². The minimum Gasteiger partial charge on any atom is -0.454 e. The van der Waals surface area contributed by atoms with Crippen molar-refractivity contribution in [3.8, 4) is 11.3 Å². The fourth-order valence-corrected chi connectivity index (χ4v) is 1.95. The molecule has 0 atom stereocenters. The summed E-state index contributed by atoms with van der Waals surface area (Å²) in [4.78, 5) is 15.7. The van der Waals surface area contributed by atoms with Crippen molar-refractivity contribution in [2.75, 3.05) is 0 Å². The maximum atomic E-state index is 11.8. The lowest BCUT2D eigenvalue weighted by molar-refractivity contribution is 0.0457. The first kappa shape index (κ1) is 14.3. The van der Waals surface area contributed by atoms with E-state index in [2.05, 4.69) is 10.1 Å². The molecule has 0 radical (unpaired) electrons. The van der Waals surface area contributed by atoms with Crippen LogP contribution in [0.5, 0.6) is 0 Å². The molecule has 5 nitrogen and oxygen atoms in total. The molecule has 0 fully saturated rings. The van der Waals surface area contributed by atoms with E-state index >= 15 is 0 Å². The molecule has 0 aliphatic heterocycles. The topological polar surface area (TPSA) is 65.2 Å². The molecule has 110 valence electrons. The second-order valence-electron chi connectivity index (χ2n) is 4.48. The molecule has 3 aromatic rings. The third-order valence-corrected chi connectivity index (χ3v) is 3.16. The second kappa shape index (κ2) is 6.41. The van der Waals surface area contributed by atoms with Gasteiger partial charge in [0.2, 0.25) is 0 Å². The van der Waals surface area contributed by atoms with Crippen LogP contribution < -0.4 is 0 Å². The lowest BCUT2D eigenvalue weighted by Crippen LogP contribution is -2.06. The Kier molecular flexibility index (Phi) is 4.16. The molecule has 0 saturated heterocycles. The lowest BCUT2D eigenvalue weighted by atomic mass is 10.2. The van der Waals surface area contributed by atoms with Crippen molar-refractivity contribution in [3.05, 3.63) is 71.1 Å². The summed E-state index contributed by atoms with van der Waals surface area (Å²) in [6.07, 6.45) is 1.53. The summed E-state index contributed by atoms with van der Waals surface area (Å²) in [7, 11) is 0. The van der Waals surface area contributed by atoms with Gasteiger partial charge in [0.1, 0.15) is 18.0 Å². The average molecular weight is 315 g/mol. The molecular formula is C16H11ClN2O3. The molecule has 2 heterocycles. The molecule has 0 aliphatic carbocycles. The van der Waals surface area contributed by atoms with Crippen LogP contribution in [0.3, 0.4) is 0 Å².